The summed E-state index contributed by atoms with van der Waals surface area (Å²) in [5.41, 5.74) is 1.73. The molecule has 6 nitrogen and oxygen atoms in total. The zero-order valence-electron chi connectivity index (χ0n) is 14.2. The summed E-state index contributed by atoms with van der Waals surface area (Å²) in [5, 5.41) is 38.2. The van der Waals surface area contributed by atoms with E-state index in [1.54, 1.807) is 24.3 Å². The Bertz CT molecular complexity index is 686. The quantitative estimate of drug-likeness (QED) is 0.553. The molecule has 136 valence electrons. The molecule has 0 fully saturated rings. The zero-order valence-corrected chi connectivity index (χ0v) is 14.2. The highest BCUT2D eigenvalue weighted by Gasteiger charge is 2.15. The van der Waals surface area contributed by atoms with Crippen LogP contribution in [0.3, 0.4) is 0 Å². The van der Waals surface area contributed by atoms with Crippen molar-refractivity contribution in [2.24, 2.45) is 0 Å². The van der Waals surface area contributed by atoms with Crippen molar-refractivity contribution in [3.05, 3.63) is 47.5 Å². The van der Waals surface area contributed by atoms with E-state index >= 15 is 0 Å². The fraction of sp³-hybridized carbons (Fsp3) is 0.368. The van der Waals surface area contributed by atoms with E-state index in [0.29, 0.717) is 25.0 Å². The Kier molecular flexibility index (Phi) is 6.91. The predicted octanol–water partition coefficient (Wildman–Crippen LogP) is 2.01. The van der Waals surface area contributed by atoms with E-state index in [9.17, 15) is 15.3 Å². The summed E-state index contributed by atoms with van der Waals surface area (Å²) < 4.78 is 10.8. The first-order valence-corrected chi connectivity index (χ1v) is 8.13. The van der Waals surface area contributed by atoms with E-state index < -0.39 is 6.10 Å². The molecule has 0 heterocycles. The van der Waals surface area contributed by atoms with Crippen LogP contribution in [0.4, 0.5) is 0 Å². The van der Waals surface area contributed by atoms with E-state index in [1.165, 1.54) is 13.2 Å². The molecule has 6 heteroatoms. The van der Waals surface area contributed by atoms with Gasteiger partial charge in [-0.25, -0.2) is 0 Å². The molecule has 0 saturated carbocycles. The number of benzene rings is 2. The second-order valence-corrected chi connectivity index (χ2v) is 5.76. The zero-order chi connectivity index (χ0) is 18.2. The molecule has 0 aromatic heterocycles. The summed E-state index contributed by atoms with van der Waals surface area (Å²) in [6.45, 7) is -0.128. The Morgan fingerprint density at radius 3 is 2.32 bits per heavy atom. The van der Waals surface area contributed by atoms with Crippen molar-refractivity contribution < 1.29 is 29.9 Å². The van der Waals surface area contributed by atoms with Crippen molar-refractivity contribution in [2.45, 2.75) is 25.4 Å². The topological polar surface area (TPSA) is 99.4 Å². The summed E-state index contributed by atoms with van der Waals surface area (Å²) in [5.74, 6) is 0.684. The number of ether oxygens (including phenoxy) is 2. The van der Waals surface area contributed by atoms with Crippen molar-refractivity contribution in [3.8, 4) is 23.0 Å². The van der Waals surface area contributed by atoms with Gasteiger partial charge in [0.15, 0.2) is 23.0 Å². The minimum absolute atomic E-state index is 0.00261. The normalized spacial score (nSPS) is 12.0. The lowest BCUT2D eigenvalue weighted by atomic mass is 10.1. The maximum Gasteiger partial charge on any atom is 0.161 e. The molecule has 0 amide bonds. The Hall–Kier alpha value is -2.44. The first-order chi connectivity index (χ1) is 12.1. The first kappa shape index (κ1) is 18.9. The number of aromatic hydroxyl groups is 2. The number of aryl methyl sites for hydroxylation is 1. The minimum atomic E-state index is -0.552. The van der Waals surface area contributed by atoms with Gasteiger partial charge in [0.2, 0.25) is 0 Å². The van der Waals surface area contributed by atoms with Gasteiger partial charge in [0.25, 0.3) is 0 Å². The third-order valence-corrected chi connectivity index (χ3v) is 3.85. The van der Waals surface area contributed by atoms with Crippen LogP contribution in [0.1, 0.15) is 17.5 Å². The van der Waals surface area contributed by atoms with Crippen molar-refractivity contribution in [1.82, 2.24) is 0 Å². The van der Waals surface area contributed by atoms with Crippen molar-refractivity contribution in [2.75, 3.05) is 20.3 Å². The fourth-order valence-corrected chi connectivity index (χ4v) is 2.54. The van der Waals surface area contributed by atoms with Crippen LogP contribution in [0.2, 0.25) is 0 Å². The molecule has 2 aromatic rings. The predicted molar refractivity (Wildman–Crippen MR) is 93.4 cm³/mol. The monoisotopic (exact) mass is 348 g/mol. The third kappa shape index (κ3) is 5.27. The highest BCUT2D eigenvalue weighted by molar-refractivity contribution is 5.43. The van der Waals surface area contributed by atoms with Gasteiger partial charge < -0.3 is 29.9 Å². The second-order valence-electron chi connectivity index (χ2n) is 5.76. The summed E-state index contributed by atoms with van der Waals surface area (Å²) in [4.78, 5) is 0. The molecule has 1 unspecified atom stereocenters. The Morgan fingerprint density at radius 2 is 1.68 bits per heavy atom. The molecule has 0 saturated heterocycles. The molecule has 0 bridgehead atoms. The van der Waals surface area contributed by atoms with E-state index in [1.807, 2.05) is 6.07 Å². The van der Waals surface area contributed by atoms with Crippen LogP contribution < -0.4 is 9.47 Å². The van der Waals surface area contributed by atoms with E-state index in [4.69, 9.17) is 14.6 Å². The lowest BCUT2D eigenvalue weighted by molar-refractivity contribution is 0.112. The van der Waals surface area contributed by atoms with Gasteiger partial charge in [0.1, 0.15) is 6.10 Å². The molecule has 2 aromatic carbocycles. The molecule has 0 aliphatic heterocycles. The summed E-state index contributed by atoms with van der Waals surface area (Å²) in [6.07, 6.45) is 1.13. The van der Waals surface area contributed by atoms with E-state index in [-0.39, 0.29) is 30.5 Å². The van der Waals surface area contributed by atoms with Crippen molar-refractivity contribution >= 4 is 0 Å². The van der Waals surface area contributed by atoms with Gasteiger partial charge in [0.05, 0.1) is 13.7 Å². The van der Waals surface area contributed by atoms with Gasteiger partial charge in [-0.2, -0.15) is 0 Å². The molecule has 2 rings (SSSR count). The Morgan fingerprint density at radius 1 is 0.920 bits per heavy atom. The van der Waals surface area contributed by atoms with Gasteiger partial charge in [-0.3, -0.25) is 0 Å². The molecule has 4 N–H and O–H groups in total. The molecular formula is C19H24O6. The number of aliphatic hydroxyl groups excluding tert-OH is 2. The third-order valence-electron chi connectivity index (χ3n) is 3.85. The molecule has 0 spiro atoms. The number of phenolic OH excluding ortho intramolecular Hbond substituents is 2. The van der Waals surface area contributed by atoms with Crippen LogP contribution in [0.5, 0.6) is 23.0 Å². The summed E-state index contributed by atoms with van der Waals surface area (Å²) in [7, 11) is 1.47. The van der Waals surface area contributed by atoms with E-state index in [0.717, 1.165) is 11.1 Å². The molecule has 0 radical (unpaired) electrons. The van der Waals surface area contributed by atoms with Crippen LogP contribution in [0.25, 0.3) is 0 Å². The van der Waals surface area contributed by atoms with Crippen LogP contribution in [-0.4, -0.2) is 46.9 Å². The number of aliphatic hydroxyl groups is 2. The standard InChI is InChI=1S/C19H24O6/c1-24-19-11-14(4-6-16(19)22)9-15(12-21)25-18-7-5-13(3-2-8-20)10-17(18)23/h4-7,10-11,15,20-23H,2-3,8-9,12H2,1H3. The number of rotatable bonds is 9. The molecule has 0 aliphatic rings. The van der Waals surface area contributed by atoms with Crippen molar-refractivity contribution in [1.29, 1.82) is 0 Å². The number of phenols is 2. The Balaban J connectivity index is 2.06. The molecule has 0 aliphatic carbocycles. The smallest absolute Gasteiger partial charge is 0.161 e. The maximum atomic E-state index is 10.1. The number of hydrogen-bond donors (Lipinski definition) is 4. The lowest BCUT2D eigenvalue weighted by Gasteiger charge is -2.18. The van der Waals surface area contributed by atoms with Crippen molar-refractivity contribution in [3.63, 3.8) is 0 Å². The second kappa shape index (κ2) is 9.15. The highest BCUT2D eigenvalue weighted by Crippen LogP contribution is 2.30. The average Bonchev–Trinajstić information content (AvgIpc) is 2.62. The highest BCUT2D eigenvalue weighted by atomic mass is 16.5. The maximum absolute atomic E-state index is 10.1. The minimum Gasteiger partial charge on any atom is -0.504 e. The van der Waals surface area contributed by atoms with E-state index in [2.05, 4.69) is 0 Å². The van der Waals surface area contributed by atoms with Gasteiger partial charge >= 0.3 is 0 Å². The molecular weight excluding hydrogens is 324 g/mol. The van der Waals surface area contributed by atoms with Crippen LogP contribution in [0, 0.1) is 0 Å². The molecule has 25 heavy (non-hydrogen) atoms. The van der Waals surface area contributed by atoms with Crippen LogP contribution >= 0.6 is 0 Å². The summed E-state index contributed by atoms with van der Waals surface area (Å²) >= 11 is 0. The fourth-order valence-electron chi connectivity index (χ4n) is 2.54. The summed E-state index contributed by atoms with van der Waals surface area (Å²) in [6, 6.07) is 10.0. The average molecular weight is 348 g/mol. The number of hydrogen-bond acceptors (Lipinski definition) is 6. The van der Waals surface area contributed by atoms with Crippen LogP contribution in [-0.2, 0) is 12.8 Å². The first-order valence-electron chi connectivity index (χ1n) is 8.13. The number of methoxy groups -OCH3 is 1. The van der Waals surface area contributed by atoms with Gasteiger partial charge in [-0.1, -0.05) is 12.1 Å². The largest absolute Gasteiger partial charge is 0.504 e. The van der Waals surface area contributed by atoms with Gasteiger partial charge in [-0.15, -0.1) is 0 Å². The molecule has 1 atom stereocenters. The van der Waals surface area contributed by atoms with Gasteiger partial charge in [-0.05, 0) is 48.2 Å². The van der Waals surface area contributed by atoms with Gasteiger partial charge in [0, 0.05) is 13.0 Å². The SMILES string of the molecule is COc1cc(CC(CO)Oc2ccc(CCCO)cc2O)ccc1O. The lowest BCUT2D eigenvalue weighted by Crippen LogP contribution is -2.24. The Labute approximate surface area is 146 Å². The van der Waals surface area contributed by atoms with Crippen LogP contribution in [0.15, 0.2) is 36.4 Å².